The van der Waals surface area contributed by atoms with Crippen LogP contribution in [0, 0.1) is 0 Å². The predicted octanol–water partition coefficient (Wildman–Crippen LogP) is 1.29. The molecule has 0 spiro atoms. The summed E-state index contributed by atoms with van der Waals surface area (Å²) in [6, 6.07) is 3.11. The van der Waals surface area contributed by atoms with Gasteiger partial charge < -0.3 is 35.6 Å². The molecule has 2 aromatic rings. The van der Waals surface area contributed by atoms with E-state index in [1.54, 1.807) is 12.1 Å². The lowest BCUT2D eigenvalue weighted by molar-refractivity contribution is -0.0263. The fourth-order valence-electron chi connectivity index (χ4n) is 2.69. The van der Waals surface area contributed by atoms with Crippen molar-refractivity contribution in [3.63, 3.8) is 0 Å². The molecule has 8 nitrogen and oxygen atoms in total. The van der Waals surface area contributed by atoms with E-state index in [9.17, 15) is 15.4 Å². The summed E-state index contributed by atoms with van der Waals surface area (Å²) >= 11 is 18.2. The van der Waals surface area contributed by atoms with Crippen LogP contribution in [0.3, 0.4) is 0 Å². The predicted molar refractivity (Wildman–Crippen MR) is 92.5 cm³/mol. The third-order valence-corrected chi connectivity index (χ3v) is 4.96. The Morgan fingerprint density at radius 2 is 1.88 bits per heavy atom. The molecule has 11 heteroatoms. The standard InChI is InChI=1S/C14H14Cl3N3O5/c15-5-1-4-7(2-6(5)16)18-12(17)9(4)13(20-24)19-14-11(23)10(22)8(3-21)25-14/h1-2,8,10-11,14,18,21-24H,3H2,(H,19,20)/t8-,10-,11-,14-/m1/s1. The molecule has 2 heterocycles. The van der Waals surface area contributed by atoms with Crippen LogP contribution in [-0.4, -0.2) is 62.5 Å². The Kier molecular flexibility index (Phi) is 5.31. The van der Waals surface area contributed by atoms with E-state index in [0.29, 0.717) is 15.9 Å². The van der Waals surface area contributed by atoms with Crippen LogP contribution in [-0.2, 0) is 4.74 Å². The molecule has 1 fully saturated rings. The van der Waals surface area contributed by atoms with Gasteiger partial charge in [-0.2, -0.15) is 0 Å². The van der Waals surface area contributed by atoms with Gasteiger partial charge in [0.25, 0.3) is 0 Å². The van der Waals surface area contributed by atoms with Gasteiger partial charge in [-0.15, -0.1) is 0 Å². The second kappa shape index (κ2) is 7.16. The summed E-state index contributed by atoms with van der Waals surface area (Å²) in [5, 5.41) is 45.4. The maximum Gasteiger partial charge on any atom is 0.178 e. The van der Waals surface area contributed by atoms with Gasteiger partial charge >= 0.3 is 0 Å². The van der Waals surface area contributed by atoms with Crippen molar-refractivity contribution in [2.24, 2.45) is 5.16 Å². The monoisotopic (exact) mass is 409 g/mol. The first-order valence-electron chi connectivity index (χ1n) is 7.15. The first-order chi connectivity index (χ1) is 11.9. The number of nitrogens with one attached hydrogen (secondary N) is 2. The number of aromatic amines is 1. The molecular weight excluding hydrogens is 397 g/mol. The van der Waals surface area contributed by atoms with Gasteiger partial charge in [0.2, 0.25) is 0 Å². The lowest BCUT2D eigenvalue weighted by atomic mass is 10.1. The topological polar surface area (TPSA) is 130 Å². The number of hydrogen-bond donors (Lipinski definition) is 6. The Balaban J connectivity index is 1.96. The number of H-pyrrole nitrogens is 1. The van der Waals surface area contributed by atoms with Gasteiger partial charge in [0.1, 0.15) is 23.5 Å². The van der Waals surface area contributed by atoms with Crippen LogP contribution in [0.1, 0.15) is 5.56 Å². The fraction of sp³-hybridized carbons (Fsp3) is 0.357. The third kappa shape index (κ3) is 3.26. The van der Waals surface area contributed by atoms with Crippen molar-refractivity contribution in [2.75, 3.05) is 6.61 Å². The molecule has 0 amide bonds. The summed E-state index contributed by atoms with van der Waals surface area (Å²) in [4.78, 5) is 2.87. The van der Waals surface area contributed by atoms with E-state index in [2.05, 4.69) is 15.5 Å². The molecule has 6 N–H and O–H groups in total. The second-order valence-corrected chi connectivity index (χ2v) is 6.67. The van der Waals surface area contributed by atoms with E-state index in [4.69, 9.17) is 44.6 Å². The molecule has 0 unspecified atom stereocenters. The van der Waals surface area contributed by atoms with Crippen LogP contribution < -0.4 is 5.32 Å². The average molecular weight is 411 g/mol. The molecule has 136 valence electrons. The number of rotatable bonds is 3. The summed E-state index contributed by atoms with van der Waals surface area (Å²) < 4.78 is 5.31. The van der Waals surface area contributed by atoms with Crippen molar-refractivity contribution in [2.45, 2.75) is 24.5 Å². The number of fused-ring (bicyclic) bond motifs is 1. The number of aliphatic hydroxyl groups is 3. The number of aliphatic hydroxyl groups excluding tert-OH is 3. The van der Waals surface area contributed by atoms with Gasteiger partial charge in [0.15, 0.2) is 12.1 Å². The van der Waals surface area contributed by atoms with E-state index >= 15 is 0 Å². The van der Waals surface area contributed by atoms with Gasteiger partial charge in [-0.05, 0) is 12.1 Å². The van der Waals surface area contributed by atoms with Gasteiger partial charge in [-0.3, -0.25) is 0 Å². The molecule has 0 bridgehead atoms. The molecule has 0 aliphatic carbocycles. The number of ether oxygens (including phenoxy) is 1. The molecule has 3 rings (SSSR count). The quantitative estimate of drug-likeness (QED) is 0.196. The maximum absolute atomic E-state index is 10.00. The van der Waals surface area contributed by atoms with Gasteiger partial charge in [0, 0.05) is 10.9 Å². The number of halogens is 3. The first-order valence-corrected chi connectivity index (χ1v) is 8.28. The molecule has 1 aliphatic heterocycles. The van der Waals surface area contributed by atoms with Crippen molar-refractivity contribution in [1.82, 2.24) is 10.3 Å². The zero-order valence-electron chi connectivity index (χ0n) is 12.4. The minimum atomic E-state index is -1.35. The second-order valence-electron chi connectivity index (χ2n) is 5.48. The summed E-state index contributed by atoms with van der Waals surface area (Å²) in [6.45, 7) is -0.482. The SMILES string of the molecule is OC[C@H]1O[C@@H](NC(=NO)c2c(Cl)[nH]c3cc(Cl)c(Cl)cc23)[C@H](O)[C@@H]1O. The summed E-state index contributed by atoms with van der Waals surface area (Å²) in [6.07, 6.45) is -4.74. The lowest BCUT2D eigenvalue weighted by Gasteiger charge is -2.18. The minimum absolute atomic E-state index is 0.121. The van der Waals surface area contributed by atoms with E-state index in [-0.39, 0.29) is 21.6 Å². The van der Waals surface area contributed by atoms with Crippen molar-refractivity contribution >= 4 is 51.5 Å². The number of oxime groups is 1. The Labute approximate surface area is 156 Å². The molecule has 0 saturated carbocycles. The highest BCUT2D eigenvalue weighted by Gasteiger charge is 2.43. The van der Waals surface area contributed by atoms with E-state index < -0.39 is 31.1 Å². The van der Waals surface area contributed by atoms with Crippen LogP contribution in [0.4, 0.5) is 0 Å². The van der Waals surface area contributed by atoms with Crippen LogP contribution in [0.15, 0.2) is 17.3 Å². The molecule has 4 atom stereocenters. The lowest BCUT2D eigenvalue weighted by Crippen LogP contribution is -2.44. The number of hydrogen-bond acceptors (Lipinski definition) is 6. The highest BCUT2D eigenvalue weighted by atomic mass is 35.5. The molecule has 25 heavy (non-hydrogen) atoms. The van der Waals surface area contributed by atoms with Gasteiger partial charge in [-0.25, -0.2) is 0 Å². The number of aromatic nitrogens is 1. The largest absolute Gasteiger partial charge is 0.409 e. The fourth-order valence-corrected chi connectivity index (χ4v) is 3.31. The number of amidine groups is 1. The highest BCUT2D eigenvalue weighted by Crippen LogP contribution is 2.33. The molecule has 1 aromatic carbocycles. The Morgan fingerprint density at radius 3 is 2.48 bits per heavy atom. The maximum atomic E-state index is 10.00. The molecule has 0 radical (unpaired) electrons. The van der Waals surface area contributed by atoms with Crippen LogP contribution in [0.25, 0.3) is 10.9 Å². The van der Waals surface area contributed by atoms with Gasteiger partial charge in [0.05, 0.1) is 22.2 Å². The zero-order chi connectivity index (χ0) is 18.3. The molecular formula is C14H14Cl3N3O5. The Hall–Kier alpha value is -1.26. The van der Waals surface area contributed by atoms with Crippen LogP contribution in [0.5, 0.6) is 0 Å². The van der Waals surface area contributed by atoms with E-state index in [0.717, 1.165) is 0 Å². The van der Waals surface area contributed by atoms with Crippen LogP contribution >= 0.6 is 34.8 Å². The van der Waals surface area contributed by atoms with Crippen LogP contribution in [0.2, 0.25) is 15.2 Å². The summed E-state index contributed by atoms with van der Waals surface area (Å²) in [7, 11) is 0. The van der Waals surface area contributed by atoms with Crippen molar-refractivity contribution in [3.8, 4) is 0 Å². The average Bonchev–Trinajstić information content (AvgIpc) is 3.03. The van der Waals surface area contributed by atoms with Crippen molar-refractivity contribution < 1.29 is 25.3 Å². The number of nitrogens with zero attached hydrogens (tertiary/aromatic N) is 1. The van der Waals surface area contributed by atoms with Crippen molar-refractivity contribution in [3.05, 3.63) is 32.9 Å². The normalized spacial score (nSPS) is 27.2. The first kappa shape index (κ1) is 18.5. The molecule has 1 saturated heterocycles. The third-order valence-electron chi connectivity index (χ3n) is 3.95. The van der Waals surface area contributed by atoms with E-state index in [1.165, 1.54) is 0 Å². The van der Waals surface area contributed by atoms with E-state index in [1.807, 2.05) is 0 Å². The Morgan fingerprint density at radius 1 is 1.20 bits per heavy atom. The molecule has 1 aliphatic rings. The Bertz CT molecular complexity index is 828. The molecule has 1 aromatic heterocycles. The van der Waals surface area contributed by atoms with Crippen molar-refractivity contribution in [1.29, 1.82) is 0 Å². The highest BCUT2D eigenvalue weighted by molar-refractivity contribution is 6.43. The summed E-state index contributed by atoms with van der Waals surface area (Å²) in [5.74, 6) is -0.121. The smallest absolute Gasteiger partial charge is 0.178 e. The zero-order valence-corrected chi connectivity index (χ0v) is 14.7. The van der Waals surface area contributed by atoms with Gasteiger partial charge in [-0.1, -0.05) is 40.0 Å². The summed E-state index contributed by atoms with van der Waals surface area (Å²) in [5.41, 5.74) is 0.828. The minimum Gasteiger partial charge on any atom is -0.409 e. The number of benzene rings is 1.